The molecule has 0 saturated heterocycles. The van der Waals surface area contributed by atoms with Gasteiger partial charge in [-0.1, -0.05) is 34.1 Å². The third-order valence-electron chi connectivity index (χ3n) is 2.95. The van der Waals surface area contributed by atoms with Crippen molar-refractivity contribution in [2.45, 2.75) is 0 Å². The first-order valence-electron chi connectivity index (χ1n) is 6.46. The molecule has 0 atom stereocenters. The quantitative estimate of drug-likeness (QED) is 0.815. The number of benzene rings is 2. The summed E-state index contributed by atoms with van der Waals surface area (Å²) in [4.78, 5) is 0. The highest BCUT2D eigenvalue weighted by atomic mass is 79.9. The highest BCUT2D eigenvalue weighted by Crippen LogP contribution is 2.19. The fourth-order valence-electron chi connectivity index (χ4n) is 1.81. The van der Waals surface area contributed by atoms with Crippen molar-refractivity contribution in [3.05, 3.63) is 64.1 Å². The molecule has 0 spiro atoms. The maximum absolute atomic E-state index is 9.24. The molecule has 106 valence electrons. The molecule has 0 aromatic heterocycles. The molecule has 0 fully saturated rings. The molecule has 0 radical (unpaired) electrons. The SMILES string of the molecule is COc1ccc(NC/C(C#N)=C\c2ccccc2Br)cc1. The van der Waals surface area contributed by atoms with Gasteiger partial charge in [-0.15, -0.1) is 0 Å². The number of anilines is 1. The minimum absolute atomic E-state index is 0.476. The molecular weight excluding hydrogens is 328 g/mol. The summed E-state index contributed by atoms with van der Waals surface area (Å²) in [6, 6.07) is 17.6. The molecule has 1 N–H and O–H groups in total. The van der Waals surface area contributed by atoms with Crippen molar-refractivity contribution in [3.63, 3.8) is 0 Å². The summed E-state index contributed by atoms with van der Waals surface area (Å²) in [6.07, 6.45) is 1.88. The van der Waals surface area contributed by atoms with E-state index in [2.05, 4.69) is 27.3 Å². The first-order valence-corrected chi connectivity index (χ1v) is 7.25. The van der Waals surface area contributed by atoms with Gasteiger partial charge in [-0.25, -0.2) is 0 Å². The second kappa shape index (κ2) is 7.51. The van der Waals surface area contributed by atoms with Gasteiger partial charge in [-0.05, 0) is 42.0 Å². The number of nitrogens with zero attached hydrogens (tertiary/aromatic N) is 1. The number of rotatable bonds is 5. The zero-order valence-corrected chi connectivity index (χ0v) is 13.2. The van der Waals surface area contributed by atoms with Crippen LogP contribution in [0.4, 0.5) is 5.69 Å². The lowest BCUT2D eigenvalue weighted by molar-refractivity contribution is 0.415. The third kappa shape index (κ3) is 4.37. The van der Waals surface area contributed by atoms with Gasteiger partial charge < -0.3 is 10.1 Å². The molecule has 0 heterocycles. The van der Waals surface area contributed by atoms with Crippen molar-refractivity contribution in [1.82, 2.24) is 0 Å². The van der Waals surface area contributed by atoms with Crippen LogP contribution in [0.3, 0.4) is 0 Å². The van der Waals surface area contributed by atoms with Gasteiger partial charge in [0.05, 0.1) is 19.7 Å². The summed E-state index contributed by atoms with van der Waals surface area (Å²) in [5, 5.41) is 12.5. The highest BCUT2D eigenvalue weighted by Gasteiger charge is 2.00. The Balaban J connectivity index is 2.06. The van der Waals surface area contributed by atoms with Gasteiger partial charge in [0.1, 0.15) is 5.75 Å². The van der Waals surface area contributed by atoms with Crippen molar-refractivity contribution >= 4 is 27.7 Å². The Morgan fingerprint density at radius 3 is 2.57 bits per heavy atom. The zero-order chi connectivity index (χ0) is 15.1. The molecule has 2 aromatic carbocycles. The van der Waals surface area contributed by atoms with Crippen molar-refractivity contribution in [3.8, 4) is 11.8 Å². The van der Waals surface area contributed by atoms with E-state index in [4.69, 9.17) is 4.74 Å². The molecule has 3 nitrogen and oxygen atoms in total. The van der Waals surface area contributed by atoms with E-state index in [9.17, 15) is 5.26 Å². The summed E-state index contributed by atoms with van der Waals surface area (Å²) in [6.45, 7) is 0.476. The second-order valence-electron chi connectivity index (χ2n) is 4.38. The Morgan fingerprint density at radius 1 is 1.24 bits per heavy atom. The molecule has 0 aliphatic carbocycles. The predicted molar refractivity (Wildman–Crippen MR) is 89.2 cm³/mol. The Labute approximate surface area is 133 Å². The molecule has 2 aromatic rings. The summed E-state index contributed by atoms with van der Waals surface area (Å²) in [7, 11) is 1.64. The fourth-order valence-corrected chi connectivity index (χ4v) is 2.21. The van der Waals surface area contributed by atoms with E-state index in [0.29, 0.717) is 12.1 Å². The van der Waals surface area contributed by atoms with E-state index in [1.54, 1.807) is 7.11 Å². The Kier molecular flexibility index (Phi) is 5.42. The molecule has 0 bridgehead atoms. The number of ether oxygens (including phenoxy) is 1. The zero-order valence-electron chi connectivity index (χ0n) is 11.6. The van der Waals surface area contributed by atoms with E-state index in [-0.39, 0.29) is 0 Å². The molecule has 0 aliphatic rings. The second-order valence-corrected chi connectivity index (χ2v) is 5.24. The van der Waals surface area contributed by atoms with Crippen molar-refractivity contribution < 1.29 is 4.74 Å². The number of methoxy groups -OCH3 is 1. The fraction of sp³-hybridized carbons (Fsp3) is 0.118. The van der Waals surface area contributed by atoms with Crippen LogP contribution in [-0.2, 0) is 0 Å². The van der Waals surface area contributed by atoms with Gasteiger partial charge in [0.2, 0.25) is 0 Å². The third-order valence-corrected chi connectivity index (χ3v) is 3.67. The van der Waals surface area contributed by atoms with Crippen LogP contribution in [-0.4, -0.2) is 13.7 Å². The van der Waals surface area contributed by atoms with Crippen LogP contribution in [0.1, 0.15) is 5.56 Å². The van der Waals surface area contributed by atoms with E-state index in [1.807, 2.05) is 54.6 Å². The maximum Gasteiger partial charge on any atom is 0.119 e. The Bertz CT molecular complexity index is 672. The van der Waals surface area contributed by atoms with Gasteiger partial charge >= 0.3 is 0 Å². The predicted octanol–water partition coefficient (Wildman–Crippen LogP) is 4.48. The van der Waals surface area contributed by atoms with Gasteiger partial charge in [-0.2, -0.15) is 5.26 Å². The monoisotopic (exact) mass is 342 g/mol. The molecule has 21 heavy (non-hydrogen) atoms. The van der Waals surface area contributed by atoms with Crippen LogP contribution in [0, 0.1) is 11.3 Å². The molecule has 0 aliphatic heterocycles. The minimum atomic E-state index is 0.476. The number of hydrogen-bond acceptors (Lipinski definition) is 3. The Hall–Kier alpha value is -2.25. The topological polar surface area (TPSA) is 45.0 Å². The standard InChI is InChI=1S/C17H15BrN2O/c1-21-16-8-6-15(7-9-16)20-12-13(11-19)10-14-4-2-3-5-17(14)18/h2-10,20H,12H2,1H3/b13-10-. The van der Waals surface area contributed by atoms with E-state index >= 15 is 0 Å². The van der Waals surface area contributed by atoms with E-state index < -0.39 is 0 Å². The molecule has 0 unspecified atom stereocenters. The van der Waals surface area contributed by atoms with Crippen LogP contribution in [0.2, 0.25) is 0 Å². The van der Waals surface area contributed by atoms with Crippen molar-refractivity contribution in [2.75, 3.05) is 19.0 Å². The summed E-state index contributed by atoms with van der Waals surface area (Å²) in [5.74, 6) is 0.810. The average Bonchev–Trinajstić information content (AvgIpc) is 2.53. The first-order chi connectivity index (χ1) is 10.2. The van der Waals surface area contributed by atoms with Crippen LogP contribution < -0.4 is 10.1 Å². The highest BCUT2D eigenvalue weighted by molar-refractivity contribution is 9.10. The summed E-state index contributed by atoms with van der Waals surface area (Å²) >= 11 is 3.48. The average molecular weight is 343 g/mol. The molecule has 2 rings (SSSR count). The summed E-state index contributed by atoms with van der Waals surface area (Å²) < 4.78 is 6.09. The number of hydrogen-bond donors (Lipinski definition) is 1. The molecule has 0 amide bonds. The Morgan fingerprint density at radius 2 is 1.95 bits per heavy atom. The van der Waals surface area contributed by atoms with E-state index in [1.165, 1.54) is 0 Å². The normalized spacial score (nSPS) is 10.8. The number of halogens is 1. The van der Waals surface area contributed by atoms with Crippen molar-refractivity contribution in [2.24, 2.45) is 0 Å². The largest absolute Gasteiger partial charge is 0.497 e. The number of nitrogens with one attached hydrogen (secondary N) is 1. The lowest BCUT2D eigenvalue weighted by atomic mass is 10.1. The van der Waals surface area contributed by atoms with Gasteiger partial charge in [0, 0.05) is 15.7 Å². The van der Waals surface area contributed by atoms with Crippen LogP contribution >= 0.6 is 15.9 Å². The minimum Gasteiger partial charge on any atom is -0.497 e. The lowest BCUT2D eigenvalue weighted by Gasteiger charge is -2.07. The lowest BCUT2D eigenvalue weighted by Crippen LogP contribution is -2.03. The first kappa shape index (κ1) is 15.1. The summed E-state index contributed by atoms with van der Waals surface area (Å²) in [5.41, 5.74) is 2.60. The number of nitriles is 1. The molecule has 0 saturated carbocycles. The molecular formula is C17H15BrN2O. The van der Waals surface area contributed by atoms with E-state index in [0.717, 1.165) is 21.5 Å². The maximum atomic E-state index is 9.24. The molecule has 4 heteroatoms. The van der Waals surface area contributed by atoms with Gasteiger partial charge in [0.25, 0.3) is 0 Å². The van der Waals surface area contributed by atoms with Crippen LogP contribution in [0.15, 0.2) is 58.6 Å². The van der Waals surface area contributed by atoms with Gasteiger partial charge in [-0.3, -0.25) is 0 Å². The smallest absolute Gasteiger partial charge is 0.119 e. The van der Waals surface area contributed by atoms with Gasteiger partial charge in [0.15, 0.2) is 0 Å². The van der Waals surface area contributed by atoms with Crippen LogP contribution in [0.5, 0.6) is 5.75 Å². The van der Waals surface area contributed by atoms with Crippen LogP contribution in [0.25, 0.3) is 6.08 Å². The van der Waals surface area contributed by atoms with Crippen molar-refractivity contribution in [1.29, 1.82) is 5.26 Å².